The molecule has 2 aromatic heterocycles. The number of nitrogens with zero attached hydrogens (tertiary/aromatic N) is 3. The normalized spacial score (nSPS) is 12.1. The summed E-state index contributed by atoms with van der Waals surface area (Å²) in [5, 5.41) is 12.5. The van der Waals surface area contributed by atoms with Gasteiger partial charge in [0.15, 0.2) is 0 Å². The van der Waals surface area contributed by atoms with E-state index in [1.807, 2.05) is 12.1 Å². The molecule has 0 aromatic carbocycles. The van der Waals surface area contributed by atoms with Gasteiger partial charge in [0.1, 0.15) is 11.8 Å². The largest absolute Gasteiger partial charge is 0.349 e. The zero-order chi connectivity index (χ0) is 14.4. The van der Waals surface area contributed by atoms with Crippen LogP contribution >= 0.6 is 0 Å². The highest BCUT2D eigenvalue weighted by Gasteiger charge is 2.10. The van der Waals surface area contributed by atoms with E-state index in [0.717, 1.165) is 18.5 Å². The molecule has 1 N–H and O–H groups in total. The Hall–Kier alpha value is -2.12. The lowest BCUT2D eigenvalue weighted by atomic mass is 10.1. The van der Waals surface area contributed by atoms with Gasteiger partial charge in [0.05, 0.1) is 0 Å². The van der Waals surface area contributed by atoms with Crippen LogP contribution in [0, 0.1) is 11.3 Å². The van der Waals surface area contributed by atoms with Crippen LogP contribution in [0.5, 0.6) is 0 Å². The second-order valence-corrected chi connectivity index (χ2v) is 4.76. The minimum Gasteiger partial charge on any atom is -0.349 e. The Bertz CT molecular complexity index is 595. The van der Waals surface area contributed by atoms with E-state index in [9.17, 15) is 0 Å². The molecule has 1 unspecified atom stereocenters. The Morgan fingerprint density at radius 1 is 1.40 bits per heavy atom. The molecule has 0 radical (unpaired) electrons. The van der Waals surface area contributed by atoms with Crippen LogP contribution in [0.1, 0.15) is 43.1 Å². The lowest BCUT2D eigenvalue weighted by Crippen LogP contribution is -2.19. The smallest absolute Gasteiger partial charge is 0.145 e. The maximum atomic E-state index is 9.07. The van der Waals surface area contributed by atoms with E-state index in [-0.39, 0.29) is 0 Å². The minimum atomic E-state index is 0.394. The van der Waals surface area contributed by atoms with Crippen molar-refractivity contribution in [2.75, 3.05) is 6.54 Å². The van der Waals surface area contributed by atoms with Gasteiger partial charge in [0, 0.05) is 36.7 Å². The van der Waals surface area contributed by atoms with Crippen molar-refractivity contribution in [3.05, 3.63) is 53.6 Å². The Morgan fingerprint density at radius 2 is 2.25 bits per heavy atom. The Kier molecular flexibility index (Phi) is 4.91. The third kappa shape index (κ3) is 3.25. The van der Waals surface area contributed by atoms with Crippen LogP contribution in [0.2, 0.25) is 0 Å². The highest BCUT2D eigenvalue weighted by Crippen LogP contribution is 2.17. The quantitative estimate of drug-likeness (QED) is 0.876. The summed E-state index contributed by atoms with van der Waals surface area (Å²) in [6, 6.07) is 8.49. The zero-order valence-electron chi connectivity index (χ0n) is 12.0. The second-order valence-electron chi connectivity index (χ2n) is 4.76. The number of nitrogens with one attached hydrogen (secondary N) is 1. The van der Waals surface area contributed by atoms with Crippen LogP contribution in [0.25, 0.3) is 0 Å². The molecule has 2 heterocycles. The van der Waals surface area contributed by atoms with E-state index in [1.54, 1.807) is 6.20 Å². The predicted molar refractivity (Wildman–Crippen MR) is 79.2 cm³/mol. The molecule has 0 spiro atoms. The molecule has 104 valence electrons. The molecule has 4 nitrogen and oxygen atoms in total. The van der Waals surface area contributed by atoms with Crippen molar-refractivity contribution < 1.29 is 0 Å². The minimum absolute atomic E-state index is 0.394. The molecular weight excluding hydrogens is 248 g/mol. The van der Waals surface area contributed by atoms with Gasteiger partial charge in [-0.2, -0.15) is 5.26 Å². The van der Waals surface area contributed by atoms with Crippen LogP contribution in [0.15, 0.2) is 36.8 Å². The van der Waals surface area contributed by atoms with Gasteiger partial charge < -0.3 is 9.88 Å². The van der Waals surface area contributed by atoms with Crippen molar-refractivity contribution in [2.45, 2.75) is 32.9 Å². The highest BCUT2D eigenvalue weighted by atomic mass is 15.0. The maximum Gasteiger partial charge on any atom is 0.145 e. The summed E-state index contributed by atoms with van der Waals surface area (Å²) in [6.07, 6.45) is 6.92. The van der Waals surface area contributed by atoms with Crippen molar-refractivity contribution in [1.82, 2.24) is 14.9 Å². The summed E-state index contributed by atoms with van der Waals surface area (Å²) in [5.41, 5.74) is 2.74. The summed E-state index contributed by atoms with van der Waals surface area (Å²) >= 11 is 0. The first-order chi connectivity index (χ1) is 9.78. The van der Waals surface area contributed by atoms with E-state index >= 15 is 0 Å². The molecule has 2 aromatic rings. The highest BCUT2D eigenvalue weighted by molar-refractivity contribution is 5.31. The first-order valence-corrected chi connectivity index (χ1v) is 7.01. The Balaban J connectivity index is 2.15. The third-order valence-corrected chi connectivity index (χ3v) is 3.38. The average Bonchev–Trinajstić information content (AvgIpc) is 2.93. The van der Waals surface area contributed by atoms with Gasteiger partial charge in [-0.3, -0.25) is 0 Å². The van der Waals surface area contributed by atoms with Crippen molar-refractivity contribution in [3.8, 4) is 6.07 Å². The molecule has 0 aliphatic rings. The van der Waals surface area contributed by atoms with Crippen LogP contribution in [-0.2, 0) is 6.54 Å². The number of rotatable bonds is 6. The van der Waals surface area contributed by atoms with Gasteiger partial charge in [0.2, 0.25) is 0 Å². The molecule has 2 rings (SSSR count). The molecule has 1 atom stereocenters. The fraction of sp³-hybridized carbons (Fsp3) is 0.375. The van der Waals surface area contributed by atoms with Crippen molar-refractivity contribution in [3.63, 3.8) is 0 Å². The van der Waals surface area contributed by atoms with Crippen LogP contribution in [0.4, 0.5) is 0 Å². The fourth-order valence-electron chi connectivity index (χ4n) is 2.37. The molecule has 0 aliphatic carbocycles. The van der Waals surface area contributed by atoms with Crippen LogP contribution in [0.3, 0.4) is 0 Å². The van der Waals surface area contributed by atoms with E-state index < -0.39 is 0 Å². The summed E-state index contributed by atoms with van der Waals surface area (Å²) in [6.45, 7) is 5.94. The monoisotopic (exact) mass is 268 g/mol. The van der Waals surface area contributed by atoms with Gasteiger partial charge >= 0.3 is 0 Å². The van der Waals surface area contributed by atoms with Gasteiger partial charge in [-0.15, -0.1) is 0 Å². The summed E-state index contributed by atoms with van der Waals surface area (Å²) < 4.78 is 2.10. The molecular formula is C16H20N4. The number of pyridine rings is 1. The number of nitriles is 1. The standard InChI is InChI=1S/C16H20N4/c1-3-15(18-4-2)14-7-9-20(12-14)11-13-6-5-8-19-16(13)10-17/h5-9,12,15,18H,3-4,11H2,1-2H3. The van der Waals surface area contributed by atoms with Crippen molar-refractivity contribution >= 4 is 0 Å². The van der Waals surface area contributed by atoms with Crippen molar-refractivity contribution in [1.29, 1.82) is 5.26 Å². The van der Waals surface area contributed by atoms with Crippen molar-refractivity contribution in [2.24, 2.45) is 0 Å². The SMILES string of the molecule is CCNC(CC)c1ccn(Cc2cccnc2C#N)c1. The van der Waals surface area contributed by atoms with E-state index in [4.69, 9.17) is 5.26 Å². The van der Waals surface area contributed by atoms with Gasteiger partial charge in [-0.05, 0) is 30.7 Å². The number of hydrogen-bond acceptors (Lipinski definition) is 3. The topological polar surface area (TPSA) is 53.6 Å². The van der Waals surface area contributed by atoms with Crippen LogP contribution in [-0.4, -0.2) is 16.1 Å². The van der Waals surface area contributed by atoms with Gasteiger partial charge in [-0.25, -0.2) is 4.98 Å². The molecule has 0 bridgehead atoms. The molecule has 4 heteroatoms. The predicted octanol–water partition coefficient (Wildman–Crippen LogP) is 2.86. The lowest BCUT2D eigenvalue weighted by Gasteiger charge is -2.14. The molecule has 20 heavy (non-hydrogen) atoms. The summed E-state index contributed by atoms with van der Waals surface area (Å²) in [5.74, 6) is 0. The fourth-order valence-corrected chi connectivity index (χ4v) is 2.37. The molecule has 0 aliphatic heterocycles. The second kappa shape index (κ2) is 6.88. The number of hydrogen-bond donors (Lipinski definition) is 1. The Morgan fingerprint density at radius 3 is 2.95 bits per heavy atom. The van der Waals surface area contributed by atoms with E-state index in [2.05, 4.69) is 53.2 Å². The lowest BCUT2D eigenvalue weighted by molar-refractivity contribution is 0.536. The van der Waals surface area contributed by atoms with E-state index in [1.165, 1.54) is 5.56 Å². The first-order valence-electron chi connectivity index (χ1n) is 7.01. The maximum absolute atomic E-state index is 9.07. The first kappa shape index (κ1) is 14.3. The van der Waals surface area contributed by atoms with Crippen LogP contribution < -0.4 is 5.32 Å². The summed E-state index contributed by atoms with van der Waals surface area (Å²) in [7, 11) is 0. The molecule has 0 saturated heterocycles. The molecule has 0 fully saturated rings. The molecule has 0 saturated carbocycles. The number of aromatic nitrogens is 2. The third-order valence-electron chi connectivity index (χ3n) is 3.38. The summed E-state index contributed by atoms with van der Waals surface area (Å²) in [4.78, 5) is 4.09. The van der Waals surface area contributed by atoms with E-state index in [0.29, 0.717) is 18.3 Å². The molecule has 0 amide bonds. The van der Waals surface area contributed by atoms with Gasteiger partial charge in [0.25, 0.3) is 0 Å². The average molecular weight is 268 g/mol. The Labute approximate surface area is 120 Å². The zero-order valence-corrected chi connectivity index (χ0v) is 12.0. The van der Waals surface area contributed by atoms with Gasteiger partial charge in [-0.1, -0.05) is 19.9 Å².